The van der Waals surface area contributed by atoms with E-state index < -0.39 is 21.4 Å². The minimum Gasteiger partial charge on any atom is -0.324 e. The molecule has 0 aliphatic heterocycles. The first-order chi connectivity index (χ1) is 6.79. The first-order valence-electron chi connectivity index (χ1n) is 4.56. The van der Waals surface area contributed by atoms with Gasteiger partial charge < -0.3 is 5.73 Å². The van der Waals surface area contributed by atoms with Crippen LogP contribution in [-0.2, 0) is 16.5 Å². The number of benzene rings is 1. The highest BCUT2D eigenvalue weighted by molar-refractivity contribution is 7.85. The molecule has 15 heavy (non-hydrogen) atoms. The molecule has 0 saturated carbocycles. The van der Waals surface area contributed by atoms with Crippen LogP contribution < -0.4 is 5.73 Å². The van der Waals surface area contributed by atoms with Crippen LogP contribution in [0.3, 0.4) is 0 Å². The van der Waals surface area contributed by atoms with Gasteiger partial charge in [-0.2, -0.15) is 8.42 Å². The maximum atomic E-state index is 10.7. The van der Waals surface area contributed by atoms with Gasteiger partial charge in [-0.15, -0.1) is 0 Å². The first kappa shape index (κ1) is 12.2. The number of hydrogen-bond acceptors (Lipinski definition) is 3. The molecule has 1 atom stereocenters. The molecule has 1 unspecified atom stereocenters. The Labute approximate surface area is 89.9 Å². The summed E-state index contributed by atoms with van der Waals surface area (Å²) in [5.41, 5.74) is 5.80. The van der Waals surface area contributed by atoms with E-state index >= 15 is 0 Å². The second-order valence-electron chi connectivity index (χ2n) is 4.04. The van der Waals surface area contributed by atoms with Crippen LogP contribution in [0, 0.1) is 0 Å². The predicted octanol–water partition coefficient (Wildman–Crippen LogP) is 0.834. The van der Waals surface area contributed by atoms with Gasteiger partial charge in [0.25, 0.3) is 10.1 Å². The van der Waals surface area contributed by atoms with E-state index in [9.17, 15) is 8.42 Å². The lowest BCUT2D eigenvalue weighted by Gasteiger charge is -2.22. The van der Waals surface area contributed by atoms with E-state index in [1.54, 1.807) is 6.92 Å². The highest BCUT2D eigenvalue weighted by Crippen LogP contribution is 2.12. The lowest BCUT2D eigenvalue weighted by atomic mass is 9.96. The summed E-state index contributed by atoms with van der Waals surface area (Å²) >= 11 is 0. The zero-order valence-corrected chi connectivity index (χ0v) is 9.37. The van der Waals surface area contributed by atoms with Crippen molar-refractivity contribution in [2.75, 3.05) is 5.75 Å². The lowest BCUT2D eigenvalue weighted by molar-refractivity contribution is 0.446. The predicted molar refractivity (Wildman–Crippen MR) is 59.2 cm³/mol. The van der Waals surface area contributed by atoms with Gasteiger partial charge in [0.1, 0.15) is 0 Å². The highest BCUT2D eigenvalue weighted by Gasteiger charge is 2.25. The maximum absolute atomic E-state index is 10.7. The Morgan fingerprint density at radius 3 is 2.33 bits per heavy atom. The van der Waals surface area contributed by atoms with Gasteiger partial charge in [0.15, 0.2) is 0 Å². The van der Waals surface area contributed by atoms with E-state index in [0.29, 0.717) is 6.42 Å². The topological polar surface area (TPSA) is 80.4 Å². The van der Waals surface area contributed by atoms with Crippen LogP contribution >= 0.6 is 0 Å². The molecule has 4 nitrogen and oxygen atoms in total. The summed E-state index contributed by atoms with van der Waals surface area (Å²) in [5, 5.41) is 0. The molecule has 0 aliphatic carbocycles. The van der Waals surface area contributed by atoms with Gasteiger partial charge in [-0.3, -0.25) is 4.55 Å². The van der Waals surface area contributed by atoms with Gasteiger partial charge in [-0.1, -0.05) is 30.3 Å². The van der Waals surface area contributed by atoms with E-state index in [1.807, 2.05) is 30.3 Å². The largest absolute Gasteiger partial charge is 0.324 e. The normalized spacial score (nSPS) is 15.9. The molecule has 0 bridgehead atoms. The van der Waals surface area contributed by atoms with Gasteiger partial charge in [-0.05, 0) is 18.9 Å². The second-order valence-corrected chi connectivity index (χ2v) is 5.50. The van der Waals surface area contributed by atoms with E-state index in [-0.39, 0.29) is 0 Å². The fourth-order valence-electron chi connectivity index (χ4n) is 1.53. The third-order valence-corrected chi connectivity index (χ3v) is 2.99. The Kier molecular flexibility index (Phi) is 3.49. The monoisotopic (exact) mass is 229 g/mol. The zero-order chi connectivity index (χ0) is 11.5. The summed E-state index contributed by atoms with van der Waals surface area (Å²) in [6.07, 6.45) is 0.410. The van der Waals surface area contributed by atoms with Crippen molar-refractivity contribution in [3.63, 3.8) is 0 Å². The van der Waals surface area contributed by atoms with Crippen molar-refractivity contribution in [2.24, 2.45) is 5.73 Å². The summed E-state index contributed by atoms with van der Waals surface area (Å²) in [4.78, 5) is 0. The third kappa shape index (κ3) is 4.92. The van der Waals surface area contributed by atoms with Crippen LogP contribution in [0.4, 0.5) is 0 Å². The maximum Gasteiger partial charge on any atom is 0.266 e. The molecular weight excluding hydrogens is 214 g/mol. The Morgan fingerprint density at radius 1 is 1.33 bits per heavy atom. The van der Waals surface area contributed by atoms with Gasteiger partial charge in [0.05, 0.1) is 5.75 Å². The molecule has 1 aromatic rings. The average Bonchev–Trinajstić information content (AvgIpc) is 1.99. The molecule has 0 aliphatic rings. The van der Waals surface area contributed by atoms with Crippen molar-refractivity contribution in [3.05, 3.63) is 35.9 Å². The third-order valence-electron chi connectivity index (χ3n) is 1.96. The average molecular weight is 229 g/mol. The molecule has 1 rings (SSSR count). The van der Waals surface area contributed by atoms with Crippen molar-refractivity contribution >= 4 is 10.1 Å². The molecule has 0 radical (unpaired) electrons. The minimum atomic E-state index is -4.03. The van der Waals surface area contributed by atoms with Crippen molar-refractivity contribution in [3.8, 4) is 0 Å². The van der Waals surface area contributed by atoms with Crippen LogP contribution in [0.2, 0.25) is 0 Å². The smallest absolute Gasteiger partial charge is 0.266 e. The van der Waals surface area contributed by atoms with Crippen molar-refractivity contribution in [1.29, 1.82) is 0 Å². The summed E-state index contributed by atoms with van der Waals surface area (Å²) in [7, 11) is -4.03. The van der Waals surface area contributed by atoms with Crippen LogP contribution in [0.5, 0.6) is 0 Å². The molecule has 3 N–H and O–H groups in total. The molecule has 5 heteroatoms. The number of rotatable bonds is 4. The SMILES string of the molecule is CC(N)(Cc1ccccc1)CS(=O)(=O)O. The minimum absolute atomic E-state index is 0.410. The van der Waals surface area contributed by atoms with Crippen molar-refractivity contribution < 1.29 is 13.0 Å². The molecule has 84 valence electrons. The Hall–Kier alpha value is -0.910. The zero-order valence-electron chi connectivity index (χ0n) is 8.55. The Balaban J connectivity index is 2.73. The van der Waals surface area contributed by atoms with Gasteiger partial charge in [-0.25, -0.2) is 0 Å². The summed E-state index contributed by atoms with van der Waals surface area (Å²) < 4.78 is 30.1. The van der Waals surface area contributed by atoms with Crippen LogP contribution in [0.25, 0.3) is 0 Å². The molecular formula is C10H15NO3S. The summed E-state index contributed by atoms with van der Waals surface area (Å²) in [6, 6.07) is 9.34. The number of nitrogens with two attached hydrogens (primary N) is 1. The fraction of sp³-hybridized carbons (Fsp3) is 0.400. The molecule has 0 aromatic heterocycles. The van der Waals surface area contributed by atoms with E-state index in [2.05, 4.69) is 0 Å². The number of hydrogen-bond donors (Lipinski definition) is 2. The van der Waals surface area contributed by atoms with Crippen LogP contribution in [0.1, 0.15) is 12.5 Å². The van der Waals surface area contributed by atoms with Gasteiger partial charge >= 0.3 is 0 Å². The molecule has 0 amide bonds. The molecule has 0 heterocycles. The van der Waals surface area contributed by atoms with E-state index in [0.717, 1.165) is 5.56 Å². The fourth-order valence-corrected chi connectivity index (χ4v) is 2.47. The van der Waals surface area contributed by atoms with E-state index in [1.165, 1.54) is 0 Å². The standard InChI is InChI=1S/C10H15NO3S/c1-10(11,8-15(12,13)14)7-9-5-3-2-4-6-9/h2-6H,7-8,11H2,1H3,(H,12,13,14). The molecule has 0 spiro atoms. The lowest BCUT2D eigenvalue weighted by Crippen LogP contribution is -2.45. The molecule has 1 aromatic carbocycles. The Morgan fingerprint density at radius 2 is 1.87 bits per heavy atom. The molecule has 0 fully saturated rings. The summed E-state index contributed by atoms with van der Waals surface area (Å²) in [5.74, 6) is -0.436. The van der Waals surface area contributed by atoms with Crippen molar-refractivity contribution in [1.82, 2.24) is 0 Å². The summed E-state index contributed by atoms with van der Waals surface area (Å²) in [6.45, 7) is 1.60. The second kappa shape index (κ2) is 4.30. The molecule has 0 saturated heterocycles. The van der Waals surface area contributed by atoms with Gasteiger partial charge in [0.2, 0.25) is 0 Å². The quantitative estimate of drug-likeness (QED) is 0.749. The van der Waals surface area contributed by atoms with Crippen LogP contribution in [-0.4, -0.2) is 24.3 Å². The van der Waals surface area contributed by atoms with Crippen molar-refractivity contribution in [2.45, 2.75) is 18.9 Å². The van der Waals surface area contributed by atoms with Gasteiger partial charge in [0, 0.05) is 5.54 Å². The Bertz CT molecular complexity index is 412. The highest BCUT2D eigenvalue weighted by atomic mass is 32.2. The van der Waals surface area contributed by atoms with Crippen LogP contribution in [0.15, 0.2) is 30.3 Å². The first-order valence-corrected chi connectivity index (χ1v) is 6.17. The van der Waals surface area contributed by atoms with E-state index in [4.69, 9.17) is 10.3 Å².